The molecule has 3 heterocycles. The Morgan fingerprint density at radius 1 is 1.35 bits per heavy atom. The molecule has 1 aliphatic rings. The van der Waals surface area contributed by atoms with Crippen molar-refractivity contribution in [3.63, 3.8) is 0 Å². The Morgan fingerprint density at radius 3 is 2.90 bits per heavy atom. The second-order valence-electron chi connectivity index (χ2n) is 4.68. The number of hydrogen-bond acceptors (Lipinski definition) is 3. The van der Waals surface area contributed by atoms with Crippen LogP contribution < -0.4 is 0 Å². The van der Waals surface area contributed by atoms with Crippen LogP contribution in [0.25, 0.3) is 11.3 Å². The van der Waals surface area contributed by atoms with Gasteiger partial charge in [-0.2, -0.15) is 18.3 Å². The number of fused-ring (bicyclic) bond motifs is 1. The molecule has 0 N–H and O–H groups in total. The second-order valence-corrected chi connectivity index (χ2v) is 4.68. The number of pyridine rings is 1. The average molecular weight is 280 g/mol. The van der Waals surface area contributed by atoms with Crippen LogP contribution in [-0.4, -0.2) is 27.0 Å². The quantitative estimate of drug-likeness (QED) is 0.806. The molecule has 0 bridgehead atoms. The topological polar surface area (TPSA) is 43.1 Å². The summed E-state index contributed by atoms with van der Waals surface area (Å²) in [5, 5.41) is 4.18. The van der Waals surface area contributed by atoms with E-state index in [1.54, 1.807) is 10.9 Å². The average Bonchev–Trinajstić information content (AvgIpc) is 2.80. The monoisotopic (exact) mass is 280 g/mol. The lowest BCUT2D eigenvalue weighted by atomic mass is 10.1. The second kappa shape index (κ2) is 4.43. The van der Waals surface area contributed by atoms with Gasteiger partial charge in [0.05, 0.1) is 35.7 Å². The van der Waals surface area contributed by atoms with Gasteiger partial charge in [0.2, 0.25) is 0 Å². The number of aliphatic imine (C=N–C) groups is 1. The number of nitrogens with zero attached hydrogens (tertiary/aromatic N) is 4. The molecular formula is C13H11F3N4. The number of aromatic nitrogens is 3. The maximum Gasteiger partial charge on any atom is 0.416 e. The molecule has 3 rings (SSSR count). The summed E-state index contributed by atoms with van der Waals surface area (Å²) in [5.74, 6) is 0. The van der Waals surface area contributed by atoms with Crippen molar-refractivity contribution in [1.29, 1.82) is 0 Å². The fraction of sp³-hybridized carbons (Fsp3) is 0.308. The van der Waals surface area contributed by atoms with Crippen molar-refractivity contribution in [2.45, 2.75) is 25.7 Å². The minimum absolute atomic E-state index is 0.115. The Kier molecular flexibility index (Phi) is 2.84. The third-order valence-electron chi connectivity index (χ3n) is 3.13. The molecule has 0 radical (unpaired) electrons. The summed E-state index contributed by atoms with van der Waals surface area (Å²) in [4.78, 5) is 8.27. The van der Waals surface area contributed by atoms with Crippen LogP contribution in [0.15, 0.2) is 29.5 Å². The largest absolute Gasteiger partial charge is 0.416 e. The number of halogens is 3. The number of hydrogen-bond donors (Lipinski definition) is 0. The van der Waals surface area contributed by atoms with Crippen LogP contribution in [-0.2, 0) is 12.7 Å². The van der Waals surface area contributed by atoms with Crippen molar-refractivity contribution in [3.05, 3.63) is 35.8 Å². The minimum Gasteiger partial charge on any atom is -0.286 e. The highest BCUT2D eigenvalue weighted by Gasteiger charge is 2.31. The zero-order chi connectivity index (χ0) is 14.3. The Bertz CT molecular complexity index is 672. The predicted molar refractivity (Wildman–Crippen MR) is 67.5 cm³/mol. The van der Waals surface area contributed by atoms with E-state index in [-0.39, 0.29) is 11.7 Å². The van der Waals surface area contributed by atoms with Crippen molar-refractivity contribution in [2.75, 3.05) is 0 Å². The first-order valence-electron chi connectivity index (χ1n) is 6.08. The van der Waals surface area contributed by atoms with Crippen LogP contribution in [0.4, 0.5) is 13.2 Å². The van der Waals surface area contributed by atoms with E-state index in [0.717, 1.165) is 18.3 Å². The number of rotatable bonds is 1. The normalized spacial score (nSPS) is 18.1. The van der Waals surface area contributed by atoms with Crippen LogP contribution >= 0.6 is 0 Å². The van der Waals surface area contributed by atoms with Crippen LogP contribution in [0.5, 0.6) is 0 Å². The fourth-order valence-electron chi connectivity index (χ4n) is 2.12. The van der Waals surface area contributed by atoms with E-state index in [0.29, 0.717) is 17.8 Å². The zero-order valence-corrected chi connectivity index (χ0v) is 10.6. The maximum absolute atomic E-state index is 12.7. The first-order valence-corrected chi connectivity index (χ1v) is 6.08. The van der Waals surface area contributed by atoms with Crippen LogP contribution in [0.2, 0.25) is 0 Å². The molecule has 104 valence electrons. The lowest BCUT2D eigenvalue weighted by Crippen LogP contribution is -2.19. The summed E-state index contributed by atoms with van der Waals surface area (Å²) in [6, 6.07) is 2.10. The van der Waals surface area contributed by atoms with Gasteiger partial charge in [-0.25, -0.2) is 0 Å². The van der Waals surface area contributed by atoms with Gasteiger partial charge in [-0.3, -0.25) is 14.7 Å². The highest BCUT2D eigenvalue weighted by Crippen LogP contribution is 2.32. The Hall–Kier alpha value is -2.18. The van der Waals surface area contributed by atoms with Gasteiger partial charge in [0.25, 0.3) is 0 Å². The highest BCUT2D eigenvalue weighted by molar-refractivity contribution is 5.88. The lowest BCUT2D eigenvalue weighted by molar-refractivity contribution is -0.137. The molecule has 2 aromatic heterocycles. The van der Waals surface area contributed by atoms with Crippen LogP contribution in [0, 0.1) is 0 Å². The van der Waals surface area contributed by atoms with E-state index in [1.807, 2.05) is 6.92 Å². The van der Waals surface area contributed by atoms with Crippen molar-refractivity contribution >= 4 is 6.21 Å². The van der Waals surface area contributed by atoms with Crippen molar-refractivity contribution in [3.8, 4) is 11.3 Å². The minimum atomic E-state index is -4.38. The smallest absolute Gasteiger partial charge is 0.286 e. The third kappa shape index (κ3) is 2.19. The first-order chi connectivity index (χ1) is 9.45. The van der Waals surface area contributed by atoms with Gasteiger partial charge in [0.1, 0.15) is 0 Å². The number of alkyl halides is 3. The van der Waals surface area contributed by atoms with E-state index in [9.17, 15) is 13.2 Å². The summed E-state index contributed by atoms with van der Waals surface area (Å²) in [6.45, 7) is 2.56. The molecule has 7 heteroatoms. The van der Waals surface area contributed by atoms with E-state index in [1.165, 1.54) is 6.20 Å². The molecule has 1 unspecified atom stereocenters. The van der Waals surface area contributed by atoms with Crippen molar-refractivity contribution in [1.82, 2.24) is 14.8 Å². The van der Waals surface area contributed by atoms with Gasteiger partial charge in [-0.05, 0) is 19.1 Å². The molecule has 1 aliphatic heterocycles. The summed E-state index contributed by atoms with van der Waals surface area (Å²) < 4.78 is 39.9. The van der Waals surface area contributed by atoms with Gasteiger partial charge < -0.3 is 0 Å². The van der Waals surface area contributed by atoms with Gasteiger partial charge in [0.15, 0.2) is 0 Å². The standard InChI is InChI=1S/C13H11F3N4/c1-8-7-20-12(6-18-8)10(5-19-20)11-4-9(2-3-17-11)13(14,15)16/h2-6,8H,7H2,1H3. The molecular weight excluding hydrogens is 269 g/mol. The van der Waals surface area contributed by atoms with E-state index >= 15 is 0 Å². The molecule has 1 atom stereocenters. The Labute approximate surface area is 113 Å². The van der Waals surface area contributed by atoms with E-state index < -0.39 is 11.7 Å². The molecule has 20 heavy (non-hydrogen) atoms. The zero-order valence-electron chi connectivity index (χ0n) is 10.6. The summed E-state index contributed by atoms with van der Waals surface area (Å²) in [7, 11) is 0. The maximum atomic E-state index is 12.7. The van der Waals surface area contributed by atoms with Crippen LogP contribution in [0.1, 0.15) is 18.2 Å². The molecule has 0 fully saturated rings. The predicted octanol–water partition coefficient (Wildman–Crippen LogP) is 2.78. The molecule has 4 nitrogen and oxygen atoms in total. The molecule has 0 amide bonds. The van der Waals surface area contributed by atoms with Gasteiger partial charge in [-0.15, -0.1) is 0 Å². The first kappa shape index (κ1) is 12.8. The van der Waals surface area contributed by atoms with E-state index in [4.69, 9.17) is 0 Å². The molecule has 0 saturated heterocycles. The molecule has 0 saturated carbocycles. The van der Waals surface area contributed by atoms with Gasteiger partial charge >= 0.3 is 6.18 Å². The summed E-state index contributed by atoms with van der Waals surface area (Å²) >= 11 is 0. The Morgan fingerprint density at radius 2 is 2.15 bits per heavy atom. The lowest BCUT2D eigenvalue weighted by Gasteiger charge is -2.14. The van der Waals surface area contributed by atoms with Crippen molar-refractivity contribution < 1.29 is 13.2 Å². The van der Waals surface area contributed by atoms with Gasteiger partial charge in [-0.1, -0.05) is 0 Å². The molecule has 2 aromatic rings. The van der Waals surface area contributed by atoms with E-state index in [2.05, 4.69) is 15.1 Å². The highest BCUT2D eigenvalue weighted by atomic mass is 19.4. The molecule has 0 aliphatic carbocycles. The fourth-order valence-corrected chi connectivity index (χ4v) is 2.12. The third-order valence-corrected chi connectivity index (χ3v) is 3.13. The summed E-state index contributed by atoms with van der Waals surface area (Å²) in [6.07, 6.45) is -0.0569. The van der Waals surface area contributed by atoms with Gasteiger partial charge in [0, 0.05) is 18.0 Å². The Balaban J connectivity index is 2.06. The summed E-state index contributed by atoms with van der Waals surface area (Å²) in [5.41, 5.74) is 0.785. The van der Waals surface area contributed by atoms with Crippen LogP contribution in [0.3, 0.4) is 0 Å². The van der Waals surface area contributed by atoms with Crippen molar-refractivity contribution in [2.24, 2.45) is 4.99 Å². The molecule has 0 aromatic carbocycles. The molecule has 0 spiro atoms. The SMILES string of the molecule is CC1Cn2ncc(-c3cc(C(F)(F)F)ccn3)c2C=N1.